The van der Waals surface area contributed by atoms with E-state index in [1.54, 1.807) is 6.92 Å². The SMILES string of the molecule is Cc1nc(-c2cc(C)c(OCCCc3nc(C(F)(F)F)no3)c(C)c2)no1. The Balaban J connectivity index is 1.59. The highest BCUT2D eigenvalue weighted by Crippen LogP contribution is 2.29. The van der Waals surface area contributed by atoms with Gasteiger partial charge in [0.2, 0.25) is 17.6 Å². The van der Waals surface area contributed by atoms with Gasteiger partial charge in [0, 0.05) is 18.9 Å². The average molecular weight is 382 g/mol. The van der Waals surface area contributed by atoms with Crippen LogP contribution in [0.2, 0.25) is 0 Å². The van der Waals surface area contributed by atoms with Crippen LogP contribution in [0.25, 0.3) is 11.4 Å². The second kappa shape index (κ2) is 7.37. The molecule has 0 N–H and O–H groups in total. The summed E-state index contributed by atoms with van der Waals surface area (Å²) in [6, 6.07) is 3.78. The zero-order valence-electron chi connectivity index (χ0n) is 14.9. The summed E-state index contributed by atoms with van der Waals surface area (Å²) in [6.45, 7) is 5.81. The fourth-order valence-corrected chi connectivity index (χ4v) is 2.59. The van der Waals surface area contributed by atoms with Gasteiger partial charge in [-0.25, -0.2) is 0 Å². The van der Waals surface area contributed by atoms with Gasteiger partial charge in [0.05, 0.1) is 6.61 Å². The van der Waals surface area contributed by atoms with Gasteiger partial charge in [-0.1, -0.05) is 10.3 Å². The quantitative estimate of drug-likeness (QED) is 0.594. The Hall–Kier alpha value is -2.91. The van der Waals surface area contributed by atoms with Crippen LogP contribution in [-0.2, 0) is 12.6 Å². The van der Waals surface area contributed by atoms with Crippen molar-refractivity contribution in [2.75, 3.05) is 6.61 Å². The fraction of sp³-hybridized carbons (Fsp3) is 0.412. The number of hydrogen-bond acceptors (Lipinski definition) is 7. The monoisotopic (exact) mass is 382 g/mol. The lowest BCUT2D eigenvalue weighted by Gasteiger charge is -2.13. The van der Waals surface area contributed by atoms with E-state index in [9.17, 15) is 13.2 Å². The zero-order chi connectivity index (χ0) is 19.6. The Bertz CT molecular complexity index is 911. The molecule has 0 saturated carbocycles. The number of aromatic nitrogens is 4. The minimum Gasteiger partial charge on any atom is -0.493 e. The van der Waals surface area contributed by atoms with Crippen molar-refractivity contribution in [1.29, 1.82) is 0 Å². The molecular weight excluding hydrogens is 365 g/mol. The van der Waals surface area contributed by atoms with E-state index in [-0.39, 0.29) is 12.3 Å². The third-order valence-electron chi connectivity index (χ3n) is 3.75. The summed E-state index contributed by atoms with van der Waals surface area (Å²) < 4.78 is 52.7. The highest BCUT2D eigenvalue weighted by atomic mass is 19.4. The molecule has 0 spiro atoms. The first-order chi connectivity index (χ1) is 12.7. The Labute approximate surface area is 152 Å². The van der Waals surface area contributed by atoms with E-state index in [1.165, 1.54) is 0 Å². The first kappa shape index (κ1) is 18.9. The van der Waals surface area contributed by atoms with Crippen LogP contribution < -0.4 is 4.74 Å². The van der Waals surface area contributed by atoms with Gasteiger partial charge in [-0.05, 0) is 43.5 Å². The largest absolute Gasteiger partial charge is 0.493 e. The van der Waals surface area contributed by atoms with Crippen LogP contribution in [0.3, 0.4) is 0 Å². The van der Waals surface area contributed by atoms with Gasteiger partial charge in [-0.2, -0.15) is 23.1 Å². The lowest BCUT2D eigenvalue weighted by atomic mass is 10.1. The molecule has 0 unspecified atom stereocenters. The summed E-state index contributed by atoms with van der Waals surface area (Å²) in [5, 5.41) is 6.82. The number of rotatable bonds is 6. The Morgan fingerprint density at radius 3 is 2.26 bits per heavy atom. The van der Waals surface area contributed by atoms with Crippen LogP contribution in [-0.4, -0.2) is 26.9 Å². The molecule has 0 radical (unpaired) electrons. The van der Waals surface area contributed by atoms with Crippen molar-refractivity contribution in [2.24, 2.45) is 0 Å². The van der Waals surface area contributed by atoms with E-state index in [0.717, 1.165) is 16.7 Å². The topological polar surface area (TPSA) is 87.1 Å². The van der Waals surface area contributed by atoms with Gasteiger partial charge >= 0.3 is 6.18 Å². The summed E-state index contributed by atoms with van der Waals surface area (Å²) in [7, 11) is 0. The Kier molecular flexibility index (Phi) is 5.15. The summed E-state index contributed by atoms with van der Waals surface area (Å²) in [5.74, 6) is 0.359. The summed E-state index contributed by atoms with van der Waals surface area (Å²) in [6.07, 6.45) is -3.98. The number of aryl methyl sites for hydroxylation is 4. The molecule has 0 amide bonds. The highest BCUT2D eigenvalue weighted by molar-refractivity contribution is 5.60. The number of benzene rings is 1. The third-order valence-corrected chi connectivity index (χ3v) is 3.75. The van der Waals surface area contributed by atoms with Crippen molar-refractivity contribution in [2.45, 2.75) is 39.8 Å². The maximum Gasteiger partial charge on any atom is 0.455 e. The van der Waals surface area contributed by atoms with Crippen molar-refractivity contribution >= 4 is 0 Å². The van der Waals surface area contributed by atoms with Crippen LogP contribution in [0.4, 0.5) is 13.2 Å². The first-order valence-corrected chi connectivity index (χ1v) is 8.18. The second-order valence-corrected chi connectivity index (χ2v) is 6.04. The van der Waals surface area contributed by atoms with Crippen molar-refractivity contribution in [1.82, 2.24) is 20.3 Å². The van der Waals surface area contributed by atoms with Crippen molar-refractivity contribution in [3.05, 3.63) is 40.9 Å². The average Bonchev–Trinajstić information content (AvgIpc) is 3.22. The smallest absolute Gasteiger partial charge is 0.455 e. The van der Waals surface area contributed by atoms with Crippen LogP contribution in [0.5, 0.6) is 5.75 Å². The van der Waals surface area contributed by atoms with Gasteiger partial charge in [0.25, 0.3) is 5.82 Å². The van der Waals surface area contributed by atoms with Crippen molar-refractivity contribution in [3.8, 4) is 17.1 Å². The highest BCUT2D eigenvalue weighted by Gasteiger charge is 2.37. The van der Waals surface area contributed by atoms with Crippen molar-refractivity contribution < 1.29 is 27.0 Å². The van der Waals surface area contributed by atoms with Gasteiger partial charge in [0.1, 0.15) is 5.75 Å². The number of nitrogens with zero attached hydrogens (tertiary/aromatic N) is 4. The number of ether oxygens (including phenoxy) is 1. The Morgan fingerprint density at radius 1 is 1.00 bits per heavy atom. The maximum absolute atomic E-state index is 12.4. The molecule has 2 heterocycles. The minimum absolute atomic E-state index is 0.0674. The molecular formula is C17H17F3N4O3. The van der Waals surface area contributed by atoms with Crippen molar-refractivity contribution in [3.63, 3.8) is 0 Å². The molecule has 0 saturated heterocycles. The molecule has 0 aliphatic rings. The molecule has 0 aliphatic heterocycles. The lowest BCUT2D eigenvalue weighted by Crippen LogP contribution is -2.07. The van der Waals surface area contributed by atoms with E-state index in [1.807, 2.05) is 26.0 Å². The van der Waals surface area contributed by atoms with Gasteiger partial charge < -0.3 is 13.8 Å². The molecule has 3 aromatic rings. The van der Waals surface area contributed by atoms with E-state index >= 15 is 0 Å². The zero-order valence-corrected chi connectivity index (χ0v) is 14.9. The molecule has 1 aromatic carbocycles. The first-order valence-electron chi connectivity index (χ1n) is 8.18. The van der Waals surface area contributed by atoms with Crippen LogP contribution in [0.15, 0.2) is 21.2 Å². The number of hydrogen-bond donors (Lipinski definition) is 0. The molecule has 10 heteroatoms. The summed E-state index contributed by atoms with van der Waals surface area (Å²) >= 11 is 0. The fourth-order valence-electron chi connectivity index (χ4n) is 2.59. The molecule has 7 nitrogen and oxygen atoms in total. The van der Waals surface area contributed by atoms with Gasteiger partial charge in [-0.15, -0.1) is 0 Å². The molecule has 0 fully saturated rings. The van der Waals surface area contributed by atoms with E-state index in [2.05, 4.69) is 24.8 Å². The molecule has 3 rings (SSSR count). The number of halogens is 3. The van der Waals surface area contributed by atoms with E-state index in [4.69, 9.17) is 9.26 Å². The Morgan fingerprint density at radius 2 is 1.70 bits per heavy atom. The van der Waals surface area contributed by atoms with Crippen LogP contribution in [0.1, 0.15) is 35.2 Å². The minimum atomic E-state index is -4.61. The molecule has 2 aromatic heterocycles. The number of alkyl halides is 3. The second-order valence-electron chi connectivity index (χ2n) is 6.04. The third kappa shape index (κ3) is 4.44. The predicted molar refractivity (Wildman–Crippen MR) is 87.1 cm³/mol. The molecule has 27 heavy (non-hydrogen) atoms. The standard InChI is InChI=1S/C17H17F3N4O3/c1-9-7-12(15-21-11(3)26-23-15)8-10(2)14(9)25-6-4-5-13-22-16(24-27-13)17(18,19)20/h7-8H,4-6H2,1-3H3. The predicted octanol–water partition coefficient (Wildman–Crippen LogP) is 4.08. The molecule has 144 valence electrons. The van der Waals surface area contributed by atoms with E-state index < -0.39 is 12.0 Å². The molecule has 0 atom stereocenters. The summed E-state index contributed by atoms with van der Waals surface area (Å²) in [4.78, 5) is 7.53. The van der Waals surface area contributed by atoms with Crippen LogP contribution in [0, 0.1) is 20.8 Å². The normalized spacial score (nSPS) is 11.8. The van der Waals surface area contributed by atoms with Gasteiger partial charge in [-0.3, -0.25) is 0 Å². The van der Waals surface area contributed by atoms with Gasteiger partial charge in [0.15, 0.2) is 0 Å². The maximum atomic E-state index is 12.4. The molecule has 0 aliphatic carbocycles. The molecule has 0 bridgehead atoms. The summed E-state index contributed by atoms with van der Waals surface area (Å²) in [5.41, 5.74) is 2.61. The lowest BCUT2D eigenvalue weighted by molar-refractivity contribution is -0.146. The van der Waals surface area contributed by atoms with E-state index in [0.29, 0.717) is 30.5 Å². The van der Waals surface area contributed by atoms with Crippen LogP contribution >= 0.6 is 0 Å².